The second-order valence-electron chi connectivity index (χ2n) is 2.43. The van der Waals surface area contributed by atoms with Crippen LogP contribution in [-0.4, -0.2) is 23.2 Å². The molecule has 1 aliphatic heterocycles. The summed E-state index contributed by atoms with van der Waals surface area (Å²) in [5.74, 6) is 0.571. The van der Waals surface area contributed by atoms with Crippen LogP contribution in [0.2, 0.25) is 0 Å². The van der Waals surface area contributed by atoms with Gasteiger partial charge in [-0.05, 0) is 12.7 Å². The first-order valence-corrected chi connectivity index (χ1v) is 4.87. The molecule has 1 rings (SSSR count). The van der Waals surface area contributed by atoms with Crippen LogP contribution in [-0.2, 0) is 0 Å². The van der Waals surface area contributed by atoms with E-state index in [1.54, 1.807) is 11.8 Å². The van der Waals surface area contributed by atoms with Crippen LogP contribution in [0.25, 0.3) is 0 Å². The Balaban J connectivity index is 2.90. The zero-order valence-corrected chi connectivity index (χ0v) is 7.98. The fraction of sp³-hybridized carbons (Fsp3) is 0.667. The average molecular weight is 187 g/mol. The summed E-state index contributed by atoms with van der Waals surface area (Å²) in [6.45, 7) is 2.01. The Hall–Kier alpha value is -0.910. The fourth-order valence-electron chi connectivity index (χ4n) is 0.998. The van der Waals surface area contributed by atoms with E-state index < -0.39 is 4.99 Å². The maximum absolute atomic E-state index is 5.52. The summed E-state index contributed by atoms with van der Waals surface area (Å²) in [4.78, 5) is 7.53. The first-order chi connectivity index (χ1) is 5.62. The van der Waals surface area contributed by atoms with Gasteiger partial charge in [-0.3, -0.25) is 0 Å². The molecule has 6 heteroatoms. The van der Waals surface area contributed by atoms with Gasteiger partial charge in [-0.2, -0.15) is 4.99 Å². The van der Waals surface area contributed by atoms with Crippen molar-refractivity contribution in [2.24, 2.45) is 21.5 Å². The number of hydrogen-bond donors (Lipinski definition) is 3. The van der Waals surface area contributed by atoms with E-state index >= 15 is 0 Å². The summed E-state index contributed by atoms with van der Waals surface area (Å²) in [6.07, 6.45) is 2.76. The van der Waals surface area contributed by atoms with Crippen LogP contribution >= 0.6 is 11.8 Å². The van der Waals surface area contributed by atoms with E-state index in [2.05, 4.69) is 15.3 Å². The van der Waals surface area contributed by atoms with E-state index in [0.29, 0.717) is 5.96 Å². The second-order valence-corrected chi connectivity index (χ2v) is 3.52. The van der Waals surface area contributed by atoms with E-state index in [-0.39, 0.29) is 5.96 Å². The van der Waals surface area contributed by atoms with E-state index in [1.807, 2.05) is 13.2 Å². The molecule has 0 fully saturated rings. The Labute approximate surface area is 75.7 Å². The van der Waals surface area contributed by atoms with Crippen molar-refractivity contribution in [2.75, 3.05) is 6.26 Å². The lowest BCUT2D eigenvalue weighted by Gasteiger charge is -2.30. The minimum atomic E-state index is -0.421. The zero-order valence-electron chi connectivity index (χ0n) is 7.16. The maximum Gasteiger partial charge on any atom is 0.221 e. The monoisotopic (exact) mass is 187 g/mol. The van der Waals surface area contributed by atoms with E-state index in [1.165, 1.54) is 0 Å². The van der Waals surface area contributed by atoms with Crippen LogP contribution < -0.4 is 16.8 Å². The highest BCUT2D eigenvalue weighted by Crippen LogP contribution is 2.26. The van der Waals surface area contributed by atoms with Gasteiger partial charge in [0.25, 0.3) is 0 Å². The lowest BCUT2D eigenvalue weighted by Crippen LogP contribution is -2.51. The zero-order chi connectivity index (χ0) is 9.19. The van der Waals surface area contributed by atoms with Crippen molar-refractivity contribution in [1.82, 2.24) is 5.32 Å². The predicted molar refractivity (Wildman–Crippen MR) is 52.9 cm³/mol. The van der Waals surface area contributed by atoms with Crippen molar-refractivity contribution in [3.05, 3.63) is 0 Å². The Bertz CT molecular complexity index is 230. The highest BCUT2D eigenvalue weighted by molar-refractivity contribution is 7.99. The third-order valence-corrected chi connectivity index (χ3v) is 2.83. The molecule has 5 N–H and O–H groups in total. The number of nitrogens with one attached hydrogen (secondary N) is 1. The van der Waals surface area contributed by atoms with Crippen molar-refractivity contribution < 1.29 is 0 Å². The summed E-state index contributed by atoms with van der Waals surface area (Å²) in [5, 5.41) is 2.98. The highest BCUT2D eigenvalue weighted by Gasteiger charge is 2.29. The molecular formula is C6H13N5S. The lowest BCUT2D eigenvalue weighted by molar-refractivity contribution is 0.548. The molecule has 1 heterocycles. The number of rotatable bonds is 2. The molecule has 0 aromatic rings. The molecule has 0 saturated heterocycles. The molecule has 1 aliphatic rings. The number of nitrogens with two attached hydrogens (primary N) is 2. The Morgan fingerprint density at radius 3 is 2.67 bits per heavy atom. The molecule has 68 valence electrons. The summed E-state index contributed by atoms with van der Waals surface area (Å²) in [5.41, 5.74) is 11.0. The highest BCUT2D eigenvalue weighted by atomic mass is 32.2. The standard InChI is InChI=1S/C6H13N5S/c1-3-6(12-2)10-4(7)9-5(8)11-6/h3H2,1-2H3,(H5,7,8,9,10,11). The smallest absolute Gasteiger partial charge is 0.221 e. The molecule has 0 saturated carbocycles. The normalized spacial score (nSPS) is 28.8. The maximum atomic E-state index is 5.52. The molecule has 0 aliphatic carbocycles. The predicted octanol–water partition coefficient (Wildman–Crippen LogP) is -0.354. The van der Waals surface area contributed by atoms with Crippen molar-refractivity contribution >= 4 is 23.7 Å². The van der Waals surface area contributed by atoms with Crippen LogP contribution in [0.5, 0.6) is 0 Å². The van der Waals surface area contributed by atoms with Gasteiger partial charge in [0, 0.05) is 0 Å². The quantitative estimate of drug-likeness (QED) is 0.551. The van der Waals surface area contributed by atoms with Crippen LogP contribution in [0.1, 0.15) is 13.3 Å². The topological polar surface area (TPSA) is 88.8 Å². The Morgan fingerprint density at radius 2 is 2.25 bits per heavy atom. The van der Waals surface area contributed by atoms with Crippen molar-refractivity contribution in [3.63, 3.8) is 0 Å². The largest absolute Gasteiger partial charge is 0.370 e. The Morgan fingerprint density at radius 1 is 1.58 bits per heavy atom. The summed E-state index contributed by atoms with van der Waals surface area (Å²) < 4.78 is 0. The van der Waals surface area contributed by atoms with Crippen LogP contribution in [0.15, 0.2) is 9.98 Å². The summed E-state index contributed by atoms with van der Waals surface area (Å²) in [6, 6.07) is 0. The third-order valence-electron chi connectivity index (χ3n) is 1.67. The summed E-state index contributed by atoms with van der Waals surface area (Å²) >= 11 is 1.56. The molecule has 0 amide bonds. The Kier molecular flexibility index (Phi) is 2.46. The van der Waals surface area contributed by atoms with Crippen molar-refractivity contribution in [2.45, 2.75) is 18.3 Å². The molecule has 0 aromatic heterocycles. The lowest BCUT2D eigenvalue weighted by atomic mass is 10.3. The summed E-state index contributed by atoms with van der Waals surface area (Å²) in [7, 11) is 0. The van der Waals surface area contributed by atoms with Gasteiger partial charge in [-0.15, -0.1) is 11.8 Å². The number of aliphatic imine (C=N–C) groups is 2. The van der Waals surface area contributed by atoms with Gasteiger partial charge in [0.15, 0.2) is 11.0 Å². The van der Waals surface area contributed by atoms with E-state index in [4.69, 9.17) is 11.5 Å². The molecule has 5 nitrogen and oxygen atoms in total. The number of thioether (sulfide) groups is 1. The molecule has 0 aromatic carbocycles. The van der Waals surface area contributed by atoms with Gasteiger partial charge in [-0.25, -0.2) is 4.99 Å². The van der Waals surface area contributed by atoms with Gasteiger partial charge in [-0.1, -0.05) is 6.92 Å². The second kappa shape index (κ2) is 3.22. The van der Waals surface area contributed by atoms with Gasteiger partial charge in [0.1, 0.15) is 0 Å². The molecular weight excluding hydrogens is 174 g/mol. The molecule has 0 spiro atoms. The number of nitrogens with zero attached hydrogens (tertiary/aromatic N) is 2. The molecule has 12 heavy (non-hydrogen) atoms. The van der Waals surface area contributed by atoms with Gasteiger partial charge in [0.05, 0.1) is 0 Å². The van der Waals surface area contributed by atoms with Crippen molar-refractivity contribution in [3.8, 4) is 0 Å². The van der Waals surface area contributed by atoms with Gasteiger partial charge in [0.2, 0.25) is 5.96 Å². The van der Waals surface area contributed by atoms with Gasteiger partial charge < -0.3 is 16.8 Å². The molecule has 0 bridgehead atoms. The third kappa shape index (κ3) is 1.63. The van der Waals surface area contributed by atoms with E-state index in [9.17, 15) is 0 Å². The van der Waals surface area contributed by atoms with Crippen LogP contribution in [0.3, 0.4) is 0 Å². The minimum absolute atomic E-state index is 0.238. The SMILES string of the molecule is CCC1(SC)N=C(N)N=C(N)N1. The first-order valence-electron chi connectivity index (χ1n) is 3.64. The van der Waals surface area contributed by atoms with Gasteiger partial charge >= 0.3 is 0 Å². The number of hydrogen-bond acceptors (Lipinski definition) is 6. The average Bonchev–Trinajstić information content (AvgIpc) is 2.02. The van der Waals surface area contributed by atoms with E-state index in [0.717, 1.165) is 6.42 Å². The van der Waals surface area contributed by atoms with Crippen LogP contribution in [0.4, 0.5) is 0 Å². The fourth-order valence-corrected chi connectivity index (χ4v) is 1.68. The molecule has 0 radical (unpaired) electrons. The van der Waals surface area contributed by atoms with Crippen LogP contribution in [0, 0.1) is 0 Å². The first kappa shape index (κ1) is 9.18. The molecule has 1 unspecified atom stereocenters. The number of guanidine groups is 2. The minimum Gasteiger partial charge on any atom is -0.370 e. The molecule has 1 atom stereocenters. The van der Waals surface area contributed by atoms with Crippen molar-refractivity contribution in [1.29, 1.82) is 0 Å².